The molecule has 1 heterocycles. The van der Waals surface area contributed by atoms with Gasteiger partial charge in [-0.25, -0.2) is 0 Å². The predicted octanol–water partition coefficient (Wildman–Crippen LogP) is 0.504. The van der Waals surface area contributed by atoms with Gasteiger partial charge in [-0.2, -0.15) is 0 Å². The fourth-order valence-corrected chi connectivity index (χ4v) is 1.42. The molecule has 0 saturated carbocycles. The third-order valence-electron chi connectivity index (χ3n) is 2.15. The van der Waals surface area contributed by atoms with Crippen LogP contribution in [0.2, 0.25) is 0 Å². The van der Waals surface area contributed by atoms with Crippen molar-refractivity contribution in [2.24, 2.45) is 0 Å². The van der Waals surface area contributed by atoms with Gasteiger partial charge in [0.15, 0.2) is 0 Å². The highest BCUT2D eigenvalue weighted by Crippen LogP contribution is 2.07. The molecule has 1 radical (unpaired) electrons. The van der Waals surface area contributed by atoms with Gasteiger partial charge in [0.25, 0.3) is 0 Å². The molecule has 2 nitrogen and oxygen atoms in total. The van der Waals surface area contributed by atoms with Crippen molar-refractivity contribution in [3.05, 3.63) is 6.92 Å². The zero-order valence-corrected chi connectivity index (χ0v) is 6.77. The highest BCUT2D eigenvalue weighted by atomic mass is 15.1. The summed E-state index contributed by atoms with van der Waals surface area (Å²) in [5, 5.41) is 3.37. The van der Waals surface area contributed by atoms with E-state index in [1.807, 2.05) is 0 Å². The summed E-state index contributed by atoms with van der Waals surface area (Å²) in [6.45, 7) is 7.11. The largest absolute Gasteiger partial charge is 0.314 e. The Morgan fingerprint density at radius 1 is 1.50 bits per heavy atom. The van der Waals surface area contributed by atoms with Crippen LogP contribution >= 0.6 is 0 Å². The summed E-state index contributed by atoms with van der Waals surface area (Å²) in [5.74, 6) is 0. The molecule has 10 heavy (non-hydrogen) atoms. The number of hydrogen-bond acceptors (Lipinski definition) is 2. The highest BCUT2D eigenvalue weighted by molar-refractivity contribution is 4.75. The molecule has 0 aromatic carbocycles. The van der Waals surface area contributed by atoms with E-state index in [0.29, 0.717) is 0 Å². The molecule has 0 spiro atoms. The van der Waals surface area contributed by atoms with Crippen LogP contribution in [0.1, 0.15) is 12.8 Å². The lowest BCUT2D eigenvalue weighted by Crippen LogP contribution is -2.40. The van der Waals surface area contributed by atoms with Gasteiger partial charge in [0.2, 0.25) is 0 Å². The van der Waals surface area contributed by atoms with Gasteiger partial charge in [-0.05, 0) is 46.4 Å². The van der Waals surface area contributed by atoms with E-state index in [-0.39, 0.29) is 0 Å². The Bertz CT molecular complexity index is 85.3. The van der Waals surface area contributed by atoms with Crippen molar-refractivity contribution in [2.45, 2.75) is 18.9 Å². The van der Waals surface area contributed by atoms with Crippen LogP contribution in [-0.2, 0) is 0 Å². The topological polar surface area (TPSA) is 15.3 Å². The third kappa shape index (κ3) is 2.27. The highest BCUT2D eigenvalue weighted by Gasteiger charge is 2.14. The van der Waals surface area contributed by atoms with Gasteiger partial charge in [-0.3, -0.25) is 0 Å². The molecule has 1 rings (SSSR count). The van der Waals surface area contributed by atoms with Gasteiger partial charge in [0.05, 0.1) is 0 Å². The maximum absolute atomic E-state index is 3.77. The third-order valence-corrected chi connectivity index (χ3v) is 2.15. The van der Waals surface area contributed by atoms with Crippen molar-refractivity contribution in [1.82, 2.24) is 10.2 Å². The van der Waals surface area contributed by atoms with Gasteiger partial charge < -0.3 is 10.2 Å². The maximum atomic E-state index is 3.77. The summed E-state index contributed by atoms with van der Waals surface area (Å²) in [6.07, 6.45) is 2.57. The van der Waals surface area contributed by atoms with E-state index >= 15 is 0 Å². The molecule has 1 N–H and O–H groups in total. The van der Waals surface area contributed by atoms with Gasteiger partial charge in [0, 0.05) is 6.04 Å². The van der Waals surface area contributed by atoms with E-state index in [9.17, 15) is 0 Å². The second-order valence-electron chi connectivity index (χ2n) is 3.03. The summed E-state index contributed by atoms with van der Waals surface area (Å²) in [4.78, 5) is 2.38. The molecule has 1 aliphatic heterocycles. The summed E-state index contributed by atoms with van der Waals surface area (Å²) < 4.78 is 0. The molecule has 1 saturated heterocycles. The number of nitrogens with zero attached hydrogens (tertiary/aromatic N) is 1. The smallest absolute Gasteiger partial charge is 0.00914 e. The summed E-state index contributed by atoms with van der Waals surface area (Å²) in [5.41, 5.74) is 0. The van der Waals surface area contributed by atoms with Crippen molar-refractivity contribution >= 4 is 0 Å². The summed E-state index contributed by atoms with van der Waals surface area (Å²) in [6, 6.07) is 0.730. The van der Waals surface area contributed by atoms with Gasteiger partial charge >= 0.3 is 0 Å². The number of rotatable bonds is 2. The van der Waals surface area contributed by atoms with Crippen LogP contribution in [0.4, 0.5) is 0 Å². The molecular weight excluding hydrogens is 124 g/mol. The van der Waals surface area contributed by atoms with Crippen LogP contribution in [0.3, 0.4) is 0 Å². The van der Waals surface area contributed by atoms with E-state index in [1.165, 1.54) is 25.9 Å². The lowest BCUT2D eigenvalue weighted by Gasteiger charge is -2.29. The molecule has 0 atom stereocenters. The fraction of sp³-hybridized carbons (Fsp3) is 0.875. The minimum Gasteiger partial charge on any atom is -0.314 e. The Labute approximate surface area is 63.6 Å². The first kappa shape index (κ1) is 8.02. The first-order valence-electron chi connectivity index (χ1n) is 4.04. The van der Waals surface area contributed by atoms with E-state index in [1.54, 1.807) is 0 Å². The molecular formula is C8H17N2. The maximum Gasteiger partial charge on any atom is 0.00914 e. The standard InChI is InChI=1S/C8H17N2/c1-3-9-8-4-6-10(2)7-5-8/h8-9H,1,3-7H2,2H3. The molecule has 0 aliphatic carbocycles. The molecule has 0 aromatic heterocycles. The first-order chi connectivity index (χ1) is 4.83. The Balaban J connectivity index is 2.13. The second kappa shape index (κ2) is 3.94. The van der Waals surface area contributed by atoms with Crippen molar-refractivity contribution in [3.8, 4) is 0 Å². The molecule has 0 bridgehead atoms. The van der Waals surface area contributed by atoms with Gasteiger partial charge in [-0.1, -0.05) is 0 Å². The second-order valence-corrected chi connectivity index (χ2v) is 3.03. The first-order valence-corrected chi connectivity index (χ1v) is 4.04. The number of piperidine rings is 1. The van der Waals surface area contributed by atoms with Crippen LogP contribution in [0.25, 0.3) is 0 Å². The minimum absolute atomic E-state index is 0.730. The molecule has 1 fully saturated rings. The van der Waals surface area contributed by atoms with Gasteiger partial charge in [0.1, 0.15) is 0 Å². The minimum atomic E-state index is 0.730. The Kier molecular flexibility index (Phi) is 3.16. The Hall–Kier alpha value is -0.0800. The molecule has 1 aliphatic rings. The SMILES string of the molecule is [CH2]CNC1CCN(C)CC1. The van der Waals surface area contributed by atoms with Crippen molar-refractivity contribution in [1.29, 1.82) is 0 Å². The zero-order valence-electron chi connectivity index (χ0n) is 6.77. The van der Waals surface area contributed by atoms with Crippen molar-refractivity contribution < 1.29 is 0 Å². The average Bonchev–Trinajstić information content (AvgIpc) is 1.95. The lowest BCUT2D eigenvalue weighted by atomic mass is 10.1. The number of likely N-dealkylation sites (tertiary alicyclic amines) is 1. The fourth-order valence-electron chi connectivity index (χ4n) is 1.42. The van der Waals surface area contributed by atoms with Gasteiger partial charge in [-0.15, -0.1) is 0 Å². The van der Waals surface area contributed by atoms with Crippen molar-refractivity contribution in [2.75, 3.05) is 26.7 Å². The van der Waals surface area contributed by atoms with E-state index in [4.69, 9.17) is 0 Å². The van der Waals surface area contributed by atoms with Crippen LogP contribution in [0.15, 0.2) is 0 Å². The summed E-state index contributed by atoms with van der Waals surface area (Å²) >= 11 is 0. The predicted molar refractivity (Wildman–Crippen MR) is 43.9 cm³/mol. The molecule has 2 heteroatoms. The summed E-state index contributed by atoms with van der Waals surface area (Å²) in [7, 11) is 2.18. The normalized spacial score (nSPS) is 23.4. The average molecular weight is 141 g/mol. The van der Waals surface area contributed by atoms with Crippen LogP contribution < -0.4 is 5.32 Å². The Morgan fingerprint density at radius 2 is 2.10 bits per heavy atom. The molecule has 59 valence electrons. The van der Waals surface area contributed by atoms with Crippen LogP contribution in [0, 0.1) is 6.92 Å². The van der Waals surface area contributed by atoms with Crippen LogP contribution in [-0.4, -0.2) is 37.6 Å². The van der Waals surface area contributed by atoms with E-state index < -0.39 is 0 Å². The van der Waals surface area contributed by atoms with Crippen molar-refractivity contribution in [3.63, 3.8) is 0 Å². The lowest BCUT2D eigenvalue weighted by molar-refractivity contribution is 0.238. The number of hydrogen-bond donors (Lipinski definition) is 1. The molecule has 0 aromatic rings. The monoisotopic (exact) mass is 141 g/mol. The molecule has 0 amide bonds. The van der Waals surface area contributed by atoms with Crippen LogP contribution in [0.5, 0.6) is 0 Å². The van der Waals surface area contributed by atoms with E-state index in [0.717, 1.165) is 12.6 Å². The Morgan fingerprint density at radius 3 is 2.60 bits per heavy atom. The zero-order chi connectivity index (χ0) is 7.40. The molecule has 0 unspecified atom stereocenters. The quantitative estimate of drug-likeness (QED) is 0.602. The number of nitrogens with one attached hydrogen (secondary N) is 1. The van der Waals surface area contributed by atoms with E-state index in [2.05, 4.69) is 24.2 Å².